The maximum Gasteiger partial charge on any atom is 0.0467 e. The van der Waals surface area contributed by atoms with Crippen molar-refractivity contribution in [3.05, 3.63) is 259 Å². The molecule has 0 fully saturated rings. The second kappa shape index (κ2) is 15.4. The fourth-order valence-corrected chi connectivity index (χ4v) is 10.9. The van der Waals surface area contributed by atoms with Crippen LogP contribution in [0.25, 0.3) is 76.8 Å². The molecule has 0 aromatic heterocycles. The number of benzene rings is 11. The maximum atomic E-state index is 2.39. The van der Waals surface area contributed by atoms with Gasteiger partial charge in [0, 0.05) is 22.5 Å². The van der Waals surface area contributed by atoms with Crippen molar-refractivity contribution in [1.82, 2.24) is 0 Å². The first-order valence-corrected chi connectivity index (χ1v) is 22.5. The average molecular weight is 816 g/mol. The van der Waals surface area contributed by atoms with Gasteiger partial charge >= 0.3 is 0 Å². The van der Waals surface area contributed by atoms with Gasteiger partial charge in [-0.1, -0.05) is 213 Å². The summed E-state index contributed by atoms with van der Waals surface area (Å²) in [5.74, 6) is 0. The van der Waals surface area contributed by atoms with Crippen molar-refractivity contribution in [1.29, 1.82) is 0 Å². The SMILES string of the molecule is CCC1(c2cccc3ccccc23)c2ccccc2-c2c(-c3ccc(N(c4ccc(-c5cccc6ccccc56)cc4)c4ccc(-c5cccc6ccccc56)cc4)cc3)cccc21. The van der Waals surface area contributed by atoms with Gasteiger partial charge in [0.15, 0.2) is 0 Å². The summed E-state index contributed by atoms with van der Waals surface area (Å²) in [6.07, 6.45) is 0.959. The molecule has 1 atom stereocenters. The Balaban J connectivity index is 0.971. The molecule has 11 aromatic carbocycles. The van der Waals surface area contributed by atoms with Gasteiger partial charge in [0.25, 0.3) is 0 Å². The Bertz CT molecular complexity index is 3390. The number of fused-ring (bicyclic) bond motifs is 6. The minimum atomic E-state index is -0.268. The fourth-order valence-electron chi connectivity index (χ4n) is 10.9. The molecule has 11 aromatic rings. The van der Waals surface area contributed by atoms with Gasteiger partial charge in [0.2, 0.25) is 0 Å². The van der Waals surface area contributed by atoms with Crippen LogP contribution >= 0.6 is 0 Å². The van der Waals surface area contributed by atoms with Crippen molar-refractivity contribution in [2.24, 2.45) is 0 Å². The number of hydrogen-bond donors (Lipinski definition) is 0. The van der Waals surface area contributed by atoms with Crippen LogP contribution in [0.5, 0.6) is 0 Å². The highest BCUT2D eigenvalue weighted by Gasteiger charge is 2.44. The highest BCUT2D eigenvalue weighted by molar-refractivity contribution is 6.00. The first-order chi connectivity index (χ1) is 31.7. The van der Waals surface area contributed by atoms with E-state index in [0.29, 0.717) is 0 Å². The van der Waals surface area contributed by atoms with Crippen LogP contribution < -0.4 is 4.90 Å². The number of rotatable bonds is 8. The molecule has 1 aliphatic carbocycles. The minimum Gasteiger partial charge on any atom is -0.311 e. The summed E-state index contributed by atoms with van der Waals surface area (Å²) in [6, 6.07) is 89.6. The minimum absolute atomic E-state index is 0.268. The summed E-state index contributed by atoms with van der Waals surface area (Å²) >= 11 is 0. The third-order valence-electron chi connectivity index (χ3n) is 13.8. The lowest BCUT2D eigenvalue weighted by molar-refractivity contribution is 0.614. The number of nitrogens with zero attached hydrogens (tertiary/aromatic N) is 1. The maximum absolute atomic E-state index is 2.39. The summed E-state index contributed by atoms with van der Waals surface area (Å²) < 4.78 is 0. The zero-order chi connectivity index (χ0) is 42.6. The van der Waals surface area contributed by atoms with Gasteiger partial charge in [-0.25, -0.2) is 0 Å². The van der Waals surface area contributed by atoms with Crippen molar-refractivity contribution in [3.8, 4) is 44.5 Å². The lowest BCUT2D eigenvalue weighted by Gasteiger charge is -2.33. The molecule has 1 unspecified atom stereocenters. The van der Waals surface area contributed by atoms with E-state index < -0.39 is 0 Å². The van der Waals surface area contributed by atoms with E-state index in [1.807, 2.05) is 0 Å². The summed E-state index contributed by atoms with van der Waals surface area (Å²) in [5.41, 5.74) is 17.2. The van der Waals surface area contributed by atoms with Crippen LogP contribution in [-0.4, -0.2) is 0 Å². The molecule has 0 heterocycles. The Kier molecular flexibility index (Phi) is 9.09. The zero-order valence-corrected chi connectivity index (χ0v) is 35.7. The van der Waals surface area contributed by atoms with E-state index in [9.17, 15) is 0 Å². The van der Waals surface area contributed by atoms with Crippen LogP contribution in [0.3, 0.4) is 0 Å². The van der Waals surface area contributed by atoms with Gasteiger partial charge < -0.3 is 4.90 Å². The highest BCUT2D eigenvalue weighted by Crippen LogP contribution is 2.58. The molecule has 0 amide bonds. The molecule has 1 nitrogen and oxygen atoms in total. The van der Waals surface area contributed by atoms with Crippen LogP contribution in [0.4, 0.5) is 17.1 Å². The van der Waals surface area contributed by atoms with Crippen molar-refractivity contribution < 1.29 is 0 Å². The van der Waals surface area contributed by atoms with Crippen LogP contribution in [0.15, 0.2) is 243 Å². The van der Waals surface area contributed by atoms with E-state index in [1.54, 1.807) is 0 Å². The Hall–Kier alpha value is -8.00. The molecular formula is C63H45N. The molecule has 0 aliphatic heterocycles. The molecule has 0 radical (unpaired) electrons. The van der Waals surface area contributed by atoms with E-state index in [4.69, 9.17) is 0 Å². The Morgan fingerprint density at radius 3 is 1.20 bits per heavy atom. The first kappa shape index (κ1) is 37.7. The molecule has 64 heavy (non-hydrogen) atoms. The third kappa shape index (κ3) is 6.00. The van der Waals surface area contributed by atoms with Gasteiger partial charge in [-0.2, -0.15) is 0 Å². The van der Waals surface area contributed by atoms with Gasteiger partial charge in [-0.3, -0.25) is 0 Å². The smallest absolute Gasteiger partial charge is 0.0467 e. The summed E-state index contributed by atoms with van der Waals surface area (Å²) in [7, 11) is 0. The van der Waals surface area contributed by atoms with Gasteiger partial charge in [-0.15, -0.1) is 0 Å². The van der Waals surface area contributed by atoms with Gasteiger partial charge in [-0.05, 0) is 136 Å². The predicted molar refractivity (Wildman–Crippen MR) is 272 cm³/mol. The average Bonchev–Trinajstić information content (AvgIpc) is 3.67. The van der Waals surface area contributed by atoms with E-state index in [1.165, 1.54) is 93.5 Å². The van der Waals surface area contributed by atoms with E-state index in [2.05, 4.69) is 254 Å². The molecule has 0 saturated heterocycles. The van der Waals surface area contributed by atoms with E-state index in [-0.39, 0.29) is 5.41 Å². The van der Waals surface area contributed by atoms with Crippen LogP contribution in [-0.2, 0) is 5.41 Å². The third-order valence-corrected chi connectivity index (χ3v) is 13.8. The van der Waals surface area contributed by atoms with Crippen molar-refractivity contribution in [2.45, 2.75) is 18.8 Å². The van der Waals surface area contributed by atoms with E-state index >= 15 is 0 Å². The summed E-state index contributed by atoms with van der Waals surface area (Å²) in [5, 5.41) is 7.62. The molecule has 1 aliphatic rings. The van der Waals surface area contributed by atoms with Crippen molar-refractivity contribution in [3.63, 3.8) is 0 Å². The van der Waals surface area contributed by atoms with Crippen LogP contribution in [0, 0.1) is 0 Å². The molecule has 302 valence electrons. The first-order valence-electron chi connectivity index (χ1n) is 22.5. The lowest BCUT2D eigenvalue weighted by atomic mass is 9.69. The quantitative estimate of drug-likeness (QED) is 0.148. The normalized spacial score (nSPS) is 14.1. The van der Waals surface area contributed by atoms with Gasteiger partial charge in [0.05, 0.1) is 0 Å². The Morgan fingerprint density at radius 2 is 0.656 bits per heavy atom. The molecule has 1 heteroatoms. The molecule has 0 N–H and O–H groups in total. The second-order valence-corrected chi connectivity index (χ2v) is 17.1. The molecule has 0 spiro atoms. The predicted octanol–water partition coefficient (Wildman–Crippen LogP) is 17.3. The van der Waals surface area contributed by atoms with E-state index in [0.717, 1.165) is 23.5 Å². The standard InChI is InChI=1S/C63H45N/c1-2-63(59-29-13-20-45-17-5-8-23-56(45)59)60-28-10-9-24-58(60)62-57(27-14-30-61(62)63)48-35-41-51(42-36-48)64(49-37-31-46(32-38-49)54-25-11-18-43-15-3-6-21-52(43)54)50-39-33-47(34-40-50)55-26-12-19-44-16-4-7-22-53(44)55/h3-42H,2H2,1H3. The van der Waals surface area contributed by atoms with Crippen LogP contribution in [0.2, 0.25) is 0 Å². The highest BCUT2D eigenvalue weighted by atomic mass is 15.1. The van der Waals surface area contributed by atoms with Gasteiger partial charge in [0.1, 0.15) is 0 Å². The fraction of sp³-hybridized carbons (Fsp3) is 0.0476. The summed E-state index contributed by atoms with van der Waals surface area (Å²) in [6.45, 7) is 2.35. The molecule has 12 rings (SSSR count). The topological polar surface area (TPSA) is 3.24 Å². The molecular weight excluding hydrogens is 771 g/mol. The molecule has 0 bridgehead atoms. The monoisotopic (exact) mass is 815 g/mol. The summed E-state index contributed by atoms with van der Waals surface area (Å²) in [4.78, 5) is 2.39. The van der Waals surface area contributed by atoms with Crippen LogP contribution in [0.1, 0.15) is 30.0 Å². The van der Waals surface area contributed by atoms with Crippen molar-refractivity contribution in [2.75, 3.05) is 4.90 Å². The Labute approximate surface area is 375 Å². The molecule has 0 saturated carbocycles. The second-order valence-electron chi connectivity index (χ2n) is 17.1. The van der Waals surface area contributed by atoms with Crippen molar-refractivity contribution >= 4 is 49.4 Å². The number of anilines is 3. The number of hydrogen-bond acceptors (Lipinski definition) is 1. The zero-order valence-electron chi connectivity index (χ0n) is 35.7. The Morgan fingerprint density at radius 1 is 0.297 bits per heavy atom. The lowest BCUT2D eigenvalue weighted by Crippen LogP contribution is -2.26. The largest absolute Gasteiger partial charge is 0.311 e.